The Hall–Kier alpha value is -2.82. The summed E-state index contributed by atoms with van der Waals surface area (Å²) >= 11 is 0. The molecule has 3 atom stereocenters. The largest absolute Gasteiger partial charge is 0.481 e. The van der Waals surface area contributed by atoms with E-state index in [0.29, 0.717) is 24.6 Å². The Kier molecular flexibility index (Phi) is 6.80. The molecule has 1 fully saturated rings. The first-order valence-corrected chi connectivity index (χ1v) is 10.6. The third-order valence-corrected chi connectivity index (χ3v) is 5.92. The zero-order chi connectivity index (χ0) is 21.8. The SMILES string of the molecule is Cc1cc(O[C@H](C)C(=O)NC[C@H]2CC(=O)N(C)[C@@H]2c2ccccc2)ccc1C(C)C. The molecule has 5 nitrogen and oxygen atoms in total. The maximum absolute atomic E-state index is 12.6. The van der Waals surface area contributed by atoms with E-state index in [1.807, 2.05) is 49.5 Å². The summed E-state index contributed by atoms with van der Waals surface area (Å²) in [6.07, 6.45) is -0.180. The summed E-state index contributed by atoms with van der Waals surface area (Å²) in [6, 6.07) is 15.9. The molecule has 0 bridgehead atoms. The van der Waals surface area contributed by atoms with Gasteiger partial charge < -0.3 is 15.0 Å². The summed E-state index contributed by atoms with van der Waals surface area (Å²) in [4.78, 5) is 26.7. The number of nitrogens with zero attached hydrogens (tertiary/aromatic N) is 1. The average molecular weight is 409 g/mol. The minimum Gasteiger partial charge on any atom is -0.481 e. The van der Waals surface area contributed by atoms with Gasteiger partial charge >= 0.3 is 0 Å². The van der Waals surface area contributed by atoms with Crippen molar-refractivity contribution < 1.29 is 14.3 Å². The maximum atomic E-state index is 12.6. The number of benzene rings is 2. The molecule has 0 radical (unpaired) electrons. The number of carbonyl (C=O) groups is 2. The van der Waals surface area contributed by atoms with Crippen molar-refractivity contribution in [1.29, 1.82) is 0 Å². The van der Waals surface area contributed by atoms with Crippen LogP contribution in [0.5, 0.6) is 5.75 Å². The van der Waals surface area contributed by atoms with Crippen molar-refractivity contribution in [1.82, 2.24) is 10.2 Å². The lowest BCUT2D eigenvalue weighted by atomic mass is 9.93. The summed E-state index contributed by atoms with van der Waals surface area (Å²) < 4.78 is 5.87. The van der Waals surface area contributed by atoms with Gasteiger partial charge in [-0.05, 0) is 48.6 Å². The molecule has 1 N–H and O–H groups in total. The molecule has 2 amide bonds. The summed E-state index contributed by atoms with van der Waals surface area (Å²) in [7, 11) is 1.83. The topological polar surface area (TPSA) is 58.6 Å². The van der Waals surface area contributed by atoms with Gasteiger partial charge in [-0.3, -0.25) is 9.59 Å². The van der Waals surface area contributed by atoms with Gasteiger partial charge in [-0.1, -0.05) is 50.2 Å². The molecule has 0 aliphatic carbocycles. The van der Waals surface area contributed by atoms with Crippen molar-refractivity contribution >= 4 is 11.8 Å². The lowest BCUT2D eigenvalue weighted by Gasteiger charge is -2.26. The average Bonchev–Trinajstić information content (AvgIpc) is 3.00. The Labute approximate surface area is 179 Å². The van der Waals surface area contributed by atoms with Gasteiger partial charge in [0.15, 0.2) is 6.10 Å². The van der Waals surface area contributed by atoms with E-state index in [-0.39, 0.29) is 23.8 Å². The predicted octanol–water partition coefficient (Wildman–Crippen LogP) is 4.22. The predicted molar refractivity (Wildman–Crippen MR) is 118 cm³/mol. The first-order chi connectivity index (χ1) is 14.3. The third-order valence-electron chi connectivity index (χ3n) is 5.92. The fourth-order valence-electron chi connectivity index (χ4n) is 4.28. The molecule has 30 heavy (non-hydrogen) atoms. The summed E-state index contributed by atoms with van der Waals surface area (Å²) in [5.41, 5.74) is 3.53. The zero-order valence-electron chi connectivity index (χ0n) is 18.5. The van der Waals surface area contributed by atoms with E-state index in [9.17, 15) is 9.59 Å². The van der Waals surface area contributed by atoms with Crippen LogP contribution in [0.15, 0.2) is 48.5 Å². The van der Waals surface area contributed by atoms with Gasteiger partial charge in [-0.15, -0.1) is 0 Å². The highest BCUT2D eigenvalue weighted by molar-refractivity contribution is 5.82. The van der Waals surface area contributed by atoms with Crippen molar-refractivity contribution in [3.05, 3.63) is 65.2 Å². The minimum absolute atomic E-state index is 0.0264. The van der Waals surface area contributed by atoms with Crippen LogP contribution in [0.25, 0.3) is 0 Å². The Balaban J connectivity index is 1.60. The molecular weight excluding hydrogens is 376 g/mol. The maximum Gasteiger partial charge on any atom is 0.260 e. The molecule has 5 heteroatoms. The lowest BCUT2D eigenvalue weighted by molar-refractivity contribution is -0.128. The number of aryl methyl sites for hydroxylation is 1. The molecule has 1 saturated heterocycles. The molecule has 3 rings (SSSR count). The van der Waals surface area contributed by atoms with Gasteiger partial charge in [-0.25, -0.2) is 0 Å². The molecule has 0 unspecified atom stereocenters. The Morgan fingerprint density at radius 2 is 1.87 bits per heavy atom. The van der Waals surface area contributed by atoms with E-state index in [1.165, 1.54) is 5.56 Å². The number of amides is 2. The third kappa shape index (κ3) is 4.84. The Bertz CT molecular complexity index is 895. The van der Waals surface area contributed by atoms with E-state index < -0.39 is 6.10 Å². The van der Waals surface area contributed by atoms with Crippen LogP contribution in [0.3, 0.4) is 0 Å². The molecule has 1 aliphatic heterocycles. The van der Waals surface area contributed by atoms with E-state index in [4.69, 9.17) is 4.74 Å². The monoisotopic (exact) mass is 408 g/mol. The van der Waals surface area contributed by atoms with Crippen LogP contribution < -0.4 is 10.1 Å². The molecule has 0 saturated carbocycles. The molecule has 0 aromatic heterocycles. The number of rotatable bonds is 7. The second-order valence-electron chi connectivity index (χ2n) is 8.50. The molecular formula is C25H32N2O3. The van der Waals surface area contributed by atoms with E-state index >= 15 is 0 Å². The highest BCUT2D eigenvalue weighted by Crippen LogP contribution is 2.36. The van der Waals surface area contributed by atoms with Gasteiger partial charge in [0.05, 0.1) is 6.04 Å². The van der Waals surface area contributed by atoms with Crippen LogP contribution in [-0.2, 0) is 9.59 Å². The highest BCUT2D eigenvalue weighted by Gasteiger charge is 2.38. The number of ether oxygens (including phenoxy) is 1. The van der Waals surface area contributed by atoms with E-state index in [2.05, 4.69) is 32.2 Å². The van der Waals surface area contributed by atoms with Gasteiger partial charge in [0.25, 0.3) is 5.91 Å². The first-order valence-electron chi connectivity index (χ1n) is 10.6. The number of carbonyl (C=O) groups excluding carboxylic acids is 2. The normalized spacial score (nSPS) is 19.8. The van der Waals surface area contributed by atoms with E-state index in [1.54, 1.807) is 11.8 Å². The first kappa shape index (κ1) is 21.9. The molecule has 1 heterocycles. The lowest BCUT2D eigenvalue weighted by Crippen LogP contribution is -2.39. The quantitative estimate of drug-likeness (QED) is 0.746. The standard InChI is InChI=1S/C25H32N2O3/c1-16(2)22-12-11-21(13-17(22)3)30-18(4)25(29)26-15-20-14-23(28)27(5)24(20)19-9-7-6-8-10-19/h6-13,16,18,20,24H,14-15H2,1-5H3,(H,26,29)/t18-,20-,24-/m1/s1. The smallest absolute Gasteiger partial charge is 0.260 e. The van der Waals surface area contributed by atoms with Crippen LogP contribution in [0.1, 0.15) is 55.8 Å². The van der Waals surface area contributed by atoms with Gasteiger partial charge in [0.1, 0.15) is 5.75 Å². The van der Waals surface area contributed by atoms with Crippen LogP contribution >= 0.6 is 0 Å². The second kappa shape index (κ2) is 9.33. The zero-order valence-corrected chi connectivity index (χ0v) is 18.5. The van der Waals surface area contributed by atoms with Crippen molar-refractivity contribution in [3.63, 3.8) is 0 Å². The molecule has 2 aromatic carbocycles. The summed E-state index contributed by atoms with van der Waals surface area (Å²) in [6.45, 7) is 8.57. The van der Waals surface area contributed by atoms with Crippen molar-refractivity contribution in [2.24, 2.45) is 5.92 Å². The fraction of sp³-hybridized carbons (Fsp3) is 0.440. The van der Waals surface area contributed by atoms with Crippen molar-refractivity contribution in [2.45, 2.75) is 52.2 Å². The molecule has 2 aromatic rings. The fourth-order valence-corrected chi connectivity index (χ4v) is 4.28. The Morgan fingerprint density at radius 1 is 1.17 bits per heavy atom. The van der Waals surface area contributed by atoms with Crippen LogP contribution in [0.2, 0.25) is 0 Å². The summed E-state index contributed by atoms with van der Waals surface area (Å²) in [5.74, 6) is 1.11. The molecule has 0 spiro atoms. The molecule has 160 valence electrons. The number of likely N-dealkylation sites (tertiary alicyclic amines) is 1. The molecule has 1 aliphatic rings. The van der Waals surface area contributed by atoms with Crippen LogP contribution in [0.4, 0.5) is 0 Å². The minimum atomic E-state index is -0.612. The van der Waals surface area contributed by atoms with Gasteiger partial charge in [0.2, 0.25) is 5.91 Å². The second-order valence-corrected chi connectivity index (χ2v) is 8.50. The van der Waals surface area contributed by atoms with Crippen LogP contribution in [-0.4, -0.2) is 36.4 Å². The highest BCUT2D eigenvalue weighted by atomic mass is 16.5. The number of hydrogen-bond donors (Lipinski definition) is 1. The van der Waals surface area contributed by atoms with Crippen molar-refractivity contribution in [2.75, 3.05) is 13.6 Å². The van der Waals surface area contributed by atoms with Gasteiger partial charge in [-0.2, -0.15) is 0 Å². The van der Waals surface area contributed by atoms with Crippen LogP contribution in [0, 0.1) is 12.8 Å². The van der Waals surface area contributed by atoms with Crippen molar-refractivity contribution in [3.8, 4) is 5.75 Å². The number of hydrogen-bond acceptors (Lipinski definition) is 3. The summed E-state index contributed by atoms with van der Waals surface area (Å²) in [5, 5.41) is 2.99. The van der Waals surface area contributed by atoms with Gasteiger partial charge in [0, 0.05) is 25.9 Å². The Morgan fingerprint density at radius 3 is 2.50 bits per heavy atom. The van der Waals surface area contributed by atoms with E-state index in [0.717, 1.165) is 11.1 Å². The number of nitrogens with one attached hydrogen (secondary N) is 1.